The highest BCUT2D eigenvalue weighted by Gasteiger charge is 2.45. The van der Waals surface area contributed by atoms with E-state index in [0.717, 1.165) is 42.5 Å². The van der Waals surface area contributed by atoms with Crippen LogP contribution in [-0.4, -0.2) is 73.5 Å². The minimum Gasteiger partial charge on any atom is -0.508 e. The standard InChI is InChI=1S/C30H26O14/c31-11-5-13(32)22-21(6-11)44-30(10-3-17(36)27(41)18(37)4-10)28(42)24(22)23-14(33)8-20-12(25(23)39)7-19(38)29(43-20)9-1-15(34)26(40)16(35)2-9/h1-6,8,19,24,28-42H,7H2. The molecule has 2 aliphatic rings. The predicted molar refractivity (Wildman–Crippen MR) is 147 cm³/mol. The third-order valence-electron chi connectivity index (χ3n) is 7.87. The van der Waals surface area contributed by atoms with Crippen LogP contribution in [0.1, 0.15) is 45.9 Å². The van der Waals surface area contributed by atoms with Gasteiger partial charge in [-0.3, -0.25) is 0 Å². The number of aliphatic hydroxyl groups excluding tert-OH is 2. The lowest BCUT2D eigenvalue weighted by molar-refractivity contribution is 0.00563. The molecule has 4 aromatic rings. The summed E-state index contributed by atoms with van der Waals surface area (Å²) >= 11 is 0. The summed E-state index contributed by atoms with van der Waals surface area (Å²) in [5, 5.41) is 126. The van der Waals surface area contributed by atoms with Gasteiger partial charge in [0.05, 0.1) is 12.0 Å². The number of benzene rings is 4. The first-order chi connectivity index (χ1) is 20.8. The second kappa shape index (κ2) is 10.00. The van der Waals surface area contributed by atoms with E-state index in [2.05, 4.69) is 0 Å². The molecule has 0 spiro atoms. The Morgan fingerprint density at radius 2 is 1.00 bits per heavy atom. The fourth-order valence-electron chi connectivity index (χ4n) is 5.84. The van der Waals surface area contributed by atoms with E-state index in [9.17, 15) is 61.3 Å². The van der Waals surface area contributed by atoms with Gasteiger partial charge in [0, 0.05) is 52.4 Å². The lowest BCUT2D eigenvalue weighted by Gasteiger charge is -2.39. The fourth-order valence-corrected chi connectivity index (χ4v) is 5.84. The van der Waals surface area contributed by atoms with E-state index in [-0.39, 0.29) is 45.7 Å². The smallest absolute Gasteiger partial charge is 0.200 e. The van der Waals surface area contributed by atoms with Gasteiger partial charge in [-0.1, -0.05) is 0 Å². The van der Waals surface area contributed by atoms with Gasteiger partial charge in [-0.15, -0.1) is 0 Å². The van der Waals surface area contributed by atoms with E-state index in [1.54, 1.807) is 0 Å². The Bertz CT molecular complexity index is 1770. The number of hydrogen-bond acceptors (Lipinski definition) is 14. The summed E-state index contributed by atoms with van der Waals surface area (Å²) in [6, 6.07) is 7.28. The van der Waals surface area contributed by atoms with Gasteiger partial charge in [-0.05, 0) is 24.3 Å². The number of phenols is 10. The number of phenolic OH excluding ortho intramolecular Hbond substituents is 10. The average Bonchev–Trinajstić information content (AvgIpc) is 2.95. The zero-order valence-electron chi connectivity index (χ0n) is 22.3. The monoisotopic (exact) mass is 610 g/mol. The number of aliphatic hydroxyl groups is 2. The molecule has 12 N–H and O–H groups in total. The number of ether oxygens (including phenoxy) is 2. The summed E-state index contributed by atoms with van der Waals surface area (Å²) in [5.41, 5.74) is -0.463. The summed E-state index contributed by atoms with van der Waals surface area (Å²) in [6.45, 7) is 0. The number of hydrogen-bond donors (Lipinski definition) is 12. The molecule has 14 heteroatoms. The van der Waals surface area contributed by atoms with E-state index in [4.69, 9.17) is 9.47 Å². The lowest BCUT2D eigenvalue weighted by atomic mass is 9.77. The zero-order chi connectivity index (χ0) is 31.8. The highest BCUT2D eigenvalue weighted by atomic mass is 16.5. The van der Waals surface area contributed by atoms with Crippen molar-refractivity contribution < 1.29 is 70.8 Å². The maximum Gasteiger partial charge on any atom is 0.200 e. The van der Waals surface area contributed by atoms with Crippen molar-refractivity contribution in [2.24, 2.45) is 0 Å². The van der Waals surface area contributed by atoms with Gasteiger partial charge in [0.1, 0.15) is 40.6 Å². The van der Waals surface area contributed by atoms with E-state index >= 15 is 0 Å². The quantitative estimate of drug-likeness (QED) is 0.149. The number of aromatic hydroxyl groups is 10. The predicted octanol–water partition coefficient (Wildman–Crippen LogP) is 2.41. The molecule has 0 radical (unpaired) electrons. The maximum absolute atomic E-state index is 11.6. The van der Waals surface area contributed by atoms with Gasteiger partial charge in [0.25, 0.3) is 0 Å². The molecule has 0 amide bonds. The van der Waals surface area contributed by atoms with E-state index in [1.165, 1.54) is 0 Å². The van der Waals surface area contributed by atoms with Gasteiger partial charge in [0.2, 0.25) is 0 Å². The van der Waals surface area contributed by atoms with Crippen molar-refractivity contribution in [3.05, 3.63) is 70.3 Å². The summed E-state index contributed by atoms with van der Waals surface area (Å²) in [5.74, 6) is -8.47. The lowest BCUT2D eigenvalue weighted by Crippen LogP contribution is -2.35. The molecule has 6 rings (SSSR count). The molecule has 0 aromatic heterocycles. The van der Waals surface area contributed by atoms with Crippen molar-refractivity contribution in [2.45, 2.75) is 36.8 Å². The number of fused-ring (bicyclic) bond motifs is 2. The maximum atomic E-state index is 11.6. The van der Waals surface area contributed by atoms with Crippen LogP contribution in [0.5, 0.6) is 69.0 Å². The molecular weight excluding hydrogens is 584 g/mol. The van der Waals surface area contributed by atoms with Crippen LogP contribution in [-0.2, 0) is 6.42 Å². The van der Waals surface area contributed by atoms with Crippen LogP contribution >= 0.6 is 0 Å². The molecule has 230 valence electrons. The Balaban J connectivity index is 1.48. The molecule has 5 atom stereocenters. The van der Waals surface area contributed by atoms with Gasteiger partial charge in [-0.2, -0.15) is 0 Å². The fraction of sp³-hybridized carbons (Fsp3) is 0.200. The van der Waals surface area contributed by atoms with Crippen LogP contribution in [0.4, 0.5) is 0 Å². The second-order valence-corrected chi connectivity index (χ2v) is 10.6. The number of rotatable bonds is 3. The zero-order valence-corrected chi connectivity index (χ0v) is 22.3. The molecule has 0 saturated carbocycles. The van der Waals surface area contributed by atoms with Crippen molar-refractivity contribution in [2.75, 3.05) is 0 Å². The van der Waals surface area contributed by atoms with Crippen molar-refractivity contribution in [3.8, 4) is 69.0 Å². The van der Waals surface area contributed by atoms with E-state index in [0.29, 0.717) is 0 Å². The van der Waals surface area contributed by atoms with Gasteiger partial charge >= 0.3 is 0 Å². The Labute approximate surface area is 247 Å². The molecule has 4 aromatic carbocycles. The molecule has 0 aliphatic carbocycles. The van der Waals surface area contributed by atoms with Crippen molar-refractivity contribution >= 4 is 0 Å². The van der Waals surface area contributed by atoms with Gasteiger partial charge in [-0.25, -0.2) is 0 Å². The molecule has 0 fully saturated rings. The first-order valence-corrected chi connectivity index (χ1v) is 13.1. The Morgan fingerprint density at radius 3 is 1.57 bits per heavy atom. The van der Waals surface area contributed by atoms with E-state index in [1.807, 2.05) is 0 Å². The average molecular weight is 611 g/mol. The Kier molecular flexibility index (Phi) is 6.48. The van der Waals surface area contributed by atoms with Crippen molar-refractivity contribution in [3.63, 3.8) is 0 Å². The molecule has 44 heavy (non-hydrogen) atoms. The van der Waals surface area contributed by atoms with Gasteiger partial charge in [0.15, 0.2) is 46.7 Å². The van der Waals surface area contributed by atoms with Gasteiger partial charge < -0.3 is 70.8 Å². The van der Waals surface area contributed by atoms with Crippen LogP contribution < -0.4 is 9.47 Å². The third-order valence-corrected chi connectivity index (χ3v) is 7.87. The van der Waals surface area contributed by atoms with Crippen molar-refractivity contribution in [1.82, 2.24) is 0 Å². The van der Waals surface area contributed by atoms with Crippen LogP contribution in [0, 0.1) is 0 Å². The molecule has 0 bridgehead atoms. The first-order valence-electron chi connectivity index (χ1n) is 13.1. The topological polar surface area (TPSA) is 261 Å². The van der Waals surface area contributed by atoms with Crippen LogP contribution in [0.15, 0.2) is 42.5 Å². The molecule has 2 heterocycles. The molecule has 2 aliphatic heterocycles. The molecule has 0 saturated heterocycles. The minimum atomic E-state index is -1.75. The van der Waals surface area contributed by atoms with Crippen LogP contribution in [0.25, 0.3) is 0 Å². The largest absolute Gasteiger partial charge is 0.508 e. The summed E-state index contributed by atoms with van der Waals surface area (Å²) in [4.78, 5) is 0. The Morgan fingerprint density at radius 1 is 0.500 bits per heavy atom. The van der Waals surface area contributed by atoms with Crippen LogP contribution in [0.2, 0.25) is 0 Å². The highest BCUT2D eigenvalue weighted by molar-refractivity contribution is 5.66. The summed E-state index contributed by atoms with van der Waals surface area (Å²) in [7, 11) is 0. The first kappa shape index (κ1) is 28.5. The van der Waals surface area contributed by atoms with Crippen molar-refractivity contribution in [1.29, 1.82) is 0 Å². The third kappa shape index (κ3) is 4.35. The molecule has 5 unspecified atom stereocenters. The van der Waals surface area contributed by atoms with E-state index < -0.39 is 87.8 Å². The Hall–Kier alpha value is -5.60. The van der Waals surface area contributed by atoms with Crippen LogP contribution in [0.3, 0.4) is 0 Å². The second-order valence-electron chi connectivity index (χ2n) is 10.6. The minimum absolute atomic E-state index is 0.0104. The highest BCUT2D eigenvalue weighted by Crippen LogP contribution is 2.57. The molecular formula is C30H26O14. The normalized spacial score (nSPS) is 22.4. The summed E-state index contributed by atoms with van der Waals surface area (Å²) < 4.78 is 11.7. The summed E-state index contributed by atoms with van der Waals surface area (Å²) in [6.07, 6.45) is -6.10. The molecule has 14 nitrogen and oxygen atoms in total. The SMILES string of the molecule is Oc1cc(O)c2c(c1)OC(c1cc(O)c(O)c(O)c1)C(O)C2c1c(O)cc2c(c1O)CC(O)C(c1cc(O)c(O)c(O)c1)O2.